The Morgan fingerprint density at radius 1 is 1.21 bits per heavy atom. The van der Waals surface area contributed by atoms with Crippen LogP contribution in [-0.2, 0) is 0 Å². The molecule has 0 heterocycles. The third kappa shape index (κ3) is 2.44. The molecular formula is C14H13NO4. The van der Waals surface area contributed by atoms with Crippen molar-refractivity contribution in [1.82, 2.24) is 0 Å². The fourth-order valence-electron chi connectivity index (χ4n) is 1.77. The first kappa shape index (κ1) is 12.8. The maximum absolute atomic E-state index is 11.1. The fraction of sp³-hybridized carbons (Fsp3) is 0.0714. The molecule has 0 aliphatic carbocycles. The summed E-state index contributed by atoms with van der Waals surface area (Å²) in [5, 5.41) is 19.1. The summed E-state index contributed by atoms with van der Waals surface area (Å²) in [5.41, 5.74) is 7.27. The van der Waals surface area contributed by atoms with Crippen molar-refractivity contribution in [2.24, 2.45) is 0 Å². The number of rotatable bonds is 3. The zero-order chi connectivity index (χ0) is 14.0. The first-order valence-electron chi connectivity index (χ1n) is 5.53. The van der Waals surface area contributed by atoms with Crippen LogP contribution in [0.15, 0.2) is 36.4 Å². The lowest BCUT2D eigenvalue weighted by atomic mass is 10.0. The molecule has 5 nitrogen and oxygen atoms in total. The molecular weight excluding hydrogens is 246 g/mol. The minimum atomic E-state index is -1.09. The summed E-state index contributed by atoms with van der Waals surface area (Å²) in [5.74, 6) is -1.07. The molecule has 2 aromatic rings. The molecule has 0 atom stereocenters. The second-order valence-corrected chi connectivity index (χ2v) is 4.00. The zero-order valence-electron chi connectivity index (χ0n) is 10.3. The van der Waals surface area contributed by atoms with Crippen LogP contribution in [0.5, 0.6) is 11.5 Å². The van der Waals surface area contributed by atoms with Gasteiger partial charge in [-0.3, -0.25) is 0 Å². The molecule has 4 N–H and O–H groups in total. The van der Waals surface area contributed by atoms with Crippen LogP contribution in [0.25, 0.3) is 11.1 Å². The lowest BCUT2D eigenvalue weighted by Gasteiger charge is -2.11. The van der Waals surface area contributed by atoms with Crippen LogP contribution < -0.4 is 10.5 Å². The minimum Gasteiger partial charge on any atom is -0.504 e. The number of aromatic hydroxyl groups is 1. The molecule has 0 saturated carbocycles. The molecule has 19 heavy (non-hydrogen) atoms. The Bertz CT molecular complexity index is 620. The SMILES string of the molecule is COc1cc(C(=O)O)cc(-c2ccc(N)cc2)c1O. The normalized spacial score (nSPS) is 10.2. The van der Waals surface area contributed by atoms with Crippen molar-refractivity contribution in [3.05, 3.63) is 42.0 Å². The van der Waals surface area contributed by atoms with E-state index in [2.05, 4.69) is 0 Å². The number of benzene rings is 2. The molecule has 0 spiro atoms. The van der Waals surface area contributed by atoms with Crippen LogP contribution in [0.3, 0.4) is 0 Å². The highest BCUT2D eigenvalue weighted by atomic mass is 16.5. The number of aromatic carboxylic acids is 1. The molecule has 0 amide bonds. The first-order chi connectivity index (χ1) is 9.02. The summed E-state index contributed by atoms with van der Waals surface area (Å²) in [6.07, 6.45) is 0. The van der Waals surface area contributed by atoms with Gasteiger partial charge in [0.25, 0.3) is 0 Å². The van der Waals surface area contributed by atoms with Crippen LogP contribution >= 0.6 is 0 Å². The summed E-state index contributed by atoms with van der Waals surface area (Å²) in [4.78, 5) is 11.1. The van der Waals surface area contributed by atoms with E-state index in [1.807, 2.05) is 0 Å². The van der Waals surface area contributed by atoms with E-state index < -0.39 is 5.97 Å². The van der Waals surface area contributed by atoms with Gasteiger partial charge in [0.1, 0.15) is 0 Å². The standard InChI is InChI=1S/C14H13NO4/c1-19-12-7-9(14(17)18)6-11(13(12)16)8-2-4-10(15)5-3-8/h2-7,16H,15H2,1H3,(H,17,18). The van der Waals surface area contributed by atoms with E-state index >= 15 is 0 Å². The van der Waals surface area contributed by atoms with E-state index in [0.717, 1.165) is 0 Å². The molecule has 0 saturated heterocycles. The highest BCUT2D eigenvalue weighted by molar-refractivity contribution is 5.92. The number of nitrogen functional groups attached to an aromatic ring is 1. The molecule has 2 aromatic carbocycles. The number of carbonyl (C=O) groups is 1. The average molecular weight is 259 g/mol. The van der Waals surface area contributed by atoms with Crippen LogP contribution in [0, 0.1) is 0 Å². The topological polar surface area (TPSA) is 92.8 Å². The Labute approximate surface area is 109 Å². The number of anilines is 1. The number of ether oxygens (including phenoxy) is 1. The highest BCUT2D eigenvalue weighted by Crippen LogP contribution is 2.38. The summed E-state index contributed by atoms with van der Waals surface area (Å²) in [6, 6.07) is 9.43. The summed E-state index contributed by atoms with van der Waals surface area (Å²) < 4.78 is 4.98. The maximum Gasteiger partial charge on any atom is 0.335 e. The number of hydrogen-bond donors (Lipinski definition) is 3. The number of hydrogen-bond acceptors (Lipinski definition) is 4. The Morgan fingerprint density at radius 3 is 2.37 bits per heavy atom. The summed E-state index contributed by atoms with van der Waals surface area (Å²) in [6.45, 7) is 0. The zero-order valence-corrected chi connectivity index (χ0v) is 10.3. The van der Waals surface area contributed by atoms with E-state index in [1.54, 1.807) is 24.3 Å². The van der Waals surface area contributed by atoms with Gasteiger partial charge in [-0.25, -0.2) is 4.79 Å². The predicted molar refractivity (Wildman–Crippen MR) is 71.5 cm³/mol. The molecule has 0 unspecified atom stereocenters. The number of methoxy groups -OCH3 is 1. The van der Waals surface area contributed by atoms with Crippen molar-refractivity contribution in [2.45, 2.75) is 0 Å². The monoisotopic (exact) mass is 259 g/mol. The minimum absolute atomic E-state index is 0.0430. The summed E-state index contributed by atoms with van der Waals surface area (Å²) >= 11 is 0. The van der Waals surface area contributed by atoms with E-state index in [1.165, 1.54) is 19.2 Å². The number of nitrogens with two attached hydrogens (primary N) is 1. The second-order valence-electron chi connectivity index (χ2n) is 4.00. The van der Waals surface area contributed by atoms with Crippen molar-refractivity contribution in [1.29, 1.82) is 0 Å². The second kappa shape index (κ2) is 4.89. The molecule has 98 valence electrons. The van der Waals surface area contributed by atoms with Crippen LogP contribution in [-0.4, -0.2) is 23.3 Å². The van der Waals surface area contributed by atoms with E-state index in [4.69, 9.17) is 15.6 Å². The van der Waals surface area contributed by atoms with E-state index in [9.17, 15) is 9.90 Å². The number of carboxylic acid groups (broad SMARTS) is 1. The van der Waals surface area contributed by atoms with Crippen molar-refractivity contribution < 1.29 is 19.7 Å². The average Bonchev–Trinajstić information content (AvgIpc) is 2.40. The molecule has 0 radical (unpaired) electrons. The van der Waals surface area contributed by atoms with Gasteiger partial charge < -0.3 is 20.7 Å². The molecule has 2 rings (SSSR count). The smallest absolute Gasteiger partial charge is 0.335 e. The van der Waals surface area contributed by atoms with Gasteiger partial charge in [-0.2, -0.15) is 0 Å². The van der Waals surface area contributed by atoms with E-state index in [0.29, 0.717) is 16.8 Å². The Kier molecular flexibility index (Phi) is 3.29. The third-order valence-electron chi connectivity index (χ3n) is 2.76. The van der Waals surface area contributed by atoms with E-state index in [-0.39, 0.29) is 17.1 Å². The molecule has 5 heteroatoms. The van der Waals surface area contributed by atoms with Crippen molar-refractivity contribution >= 4 is 11.7 Å². The number of phenolic OH excluding ortho intramolecular Hbond substituents is 1. The molecule has 0 aliphatic rings. The molecule has 0 bridgehead atoms. The van der Waals surface area contributed by atoms with Crippen molar-refractivity contribution in [3.63, 3.8) is 0 Å². The summed E-state index contributed by atoms with van der Waals surface area (Å²) in [7, 11) is 1.37. The largest absolute Gasteiger partial charge is 0.504 e. The highest BCUT2D eigenvalue weighted by Gasteiger charge is 2.15. The van der Waals surface area contributed by atoms with Gasteiger partial charge in [-0.05, 0) is 29.8 Å². The number of phenols is 1. The van der Waals surface area contributed by atoms with Gasteiger partial charge in [-0.15, -0.1) is 0 Å². The molecule has 0 aromatic heterocycles. The van der Waals surface area contributed by atoms with Crippen LogP contribution in [0.1, 0.15) is 10.4 Å². The lowest BCUT2D eigenvalue weighted by molar-refractivity contribution is 0.0696. The predicted octanol–water partition coefficient (Wildman–Crippen LogP) is 2.35. The lowest BCUT2D eigenvalue weighted by Crippen LogP contribution is -1.98. The fourth-order valence-corrected chi connectivity index (χ4v) is 1.77. The molecule has 0 aliphatic heterocycles. The maximum atomic E-state index is 11.1. The van der Waals surface area contributed by atoms with Crippen molar-refractivity contribution in [3.8, 4) is 22.6 Å². The van der Waals surface area contributed by atoms with Gasteiger partial charge in [0, 0.05) is 11.3 Å². The van der Waals surface area contributed by atoms with Gasteiger partial charge in [0.2, 0.25) is 0 Å². The Hall–Kier alpha value is -2.69. The van der Waals surface area contributed by atoms with Gasteiger partial charge >= 0.3 is 5.97 Å². The Balaban J connectivity index is 2.64. The van der Waals surface area contributed by atoms with Gasteiger partial charge in [0.05, 0.1) is 12.7 Å². The van der Waals surface area contributed by atoms with Crippen LogP contribution in [0.2, 0.25) is 0 Å². The van der Waals surface area contributed by atoms with Crippen LogP contribution in [0.4, 0.5) is 5.69 Å². The number of carboxylic acids is 1. The molecule has 0 fully saturated rings. The third-order valence-corrected chi connectivity index (χ3v) is 2.76. The Morgan fingerprint density at radius 2 is 1.84 bits per heavy atom. The van der Waals surface area contributed by atoms with Crippen molar-refractivity contribution in [2.75, 3.05) is 12.8 Å². The first-order valence-corrected chi connectivity index (χ1v) is 5.53. The van der Waals surface area contributed by atoms with Gasteiger partial charge in [0.15, 0.2) is 11.5 Å². The van der Waals surface area contributed by atoms with Gasteiger partial charge in [-0.1, -0.05) is 12.1 Å². The quantitative estimate of drug-likeness (QED) is 0.736.